The van der Waals surface area contributed by atoms with Crippen molar-refractivity contribution >= 4 is 16.7 Å². The van der Waals surface area contributed by atoms with E-state index in [0.29, 0.717) is 23.4 Å². The molecule has 3 aromatic carbocycles. The Hall–Kier alpha value is -3.70. The zero-order valence-corrected chi connectivity index (χ0v) is 24.1. The van der Waals surface area contributed by atoms with Gasteiger partial charge in [0.25, 0.3) is 0 Å². The van der Waals surface area contributed by atoms with Crippen molar-refractivity contribution in [1.82, 2.24) is 4.98 Å². The Morgan fingerprint density at radius 3 is 2.38 bits per heavy atom. The van der Waals surface area contributed by atoms with E-state index >= 15 is 0 Å². The summed E-state index contributed by atoms with van der Waals surface area (Å²) in [4.78, 5) is 17.6. The number of unbranched alkanes of at least 4 members (excludes halogenated alkanes) is 1. The highest BCUT2D eigenvalue weighted by molar-refractivity contribution is 5.87. The Kier molecular flexibility index (Phi) is 8.22. The maximum atomic E-state index is 12.6. The lowest BCUT2D eigenvalue weighted by Gasteiger charge is -2.50. The molecule has 3 unspecified atom stereocenters. The highest BCUT2D eigenvalue weighted by Crippen LogP contribution is 2.57. The van der Waals surface area contributed by atoms with Crippen LogP contribution in [0.15, 0.2) is 91.0 Å². The minimum absolute atomic E-state index is 0.139. The molecule has 5 rings (SSSR count). The van der Waals surface area contributed by atoms with Gasteiger partial charge in [-0.25, -0.2) is 4.98 Å². The molecule has 0 aliphatic heterocycles. The van der Waals surface area contributed by atoms with Crippen LogP contribution in [0.25, 0.3) is 10.8 Å². The van der Waals surface area contributed by atoms with Gasteiger partial charge in [-0.1, -0.05) is 92.2 Å². The molecule has 1 heterocycles. The van der Waals surface area contributed by atoms with Gasteiger partial charge in [0.2, 0.25) is 11.8 Å². The van der Waals surface area contributed by atoms with E-state index in [0.717, 1.165) is 48.7 Å². The quantitative estimate of drug-likeness (QED) is 0.220. The molecule has 40 heavy (non-hydrogen) atoms. The van der Waals surface area contributed by atoms with Crippen LogP contribution >= 0.6 is 0 Å². The Bertz CT molecular complexity index is 1440. The van der Waals surface area contributed by atoms with Crippen LogP contribution < -0.4 is 10.5 Å². The van der Waals surface area contributed by atoms with Crippen LogP contribution in [0.3, 0.4) is 0 Å². The van der Waals surface area contributed by atoms with Gasteiger partial charge >= 0.3 is 0 Å². The Morgan fingerprint density at radius 2 is 1.68 bits per heavy atom. The first-order valence-corrected chi connectivity index (χ1v) is 14.6. The van der Waals surface area contributed by atoms with Gasteiger partial charge in [-0.3, -0.25) is 4.79 Å². The molecular weight excluding hydrogens is 494 g/mol. The van der Waals surface area contributed by atoms with E-state index in [9.17, 15) is 4.79 Å². The fraction of sp³-hybridized carbons (Fsp3) is 0.371. The van der Waals surface area contributed by atoms with E-state index in [-0.39, 0.29) is 23.3 Å². The summed E-state index contributed by atoms with van der Waals surface area (Å²) in [7, 11) is 4.55. The van der Waals surface area contributed by atoms with Gasteiger partial charge in [-0.15, -0.1) is 0 Å². The van der Waals surface area contributed by atoms with Gasteiger partial charge in [0, 0.05) is 34.9 Å². The predicted octanol–water partition coefficient (Wildman–Crippen LogP) is 6.61. The number of pyridine rings is 1. The first kappa shape index (κ1) is 27.9. The summed E-state index contributed by atoms with van der Waals surface area (Å²) in [6, 6.07) is 31.8. The standard InChI is InChI=1S/C35H41N3O2/c1-4-5-19-30-23-27-16-12-13-20-31(27)34(37-30)40-22-21-38(2,3)35(29-17-10-7-11-18-29)25-28(33(36)39)24-32(35)26-14-8-6-9-15-26/h6-18,20,23,28,32H,4-5,19,21-22,24-25H2,1-3H3,(H-,36,39)/p+1. The van der Waals surface area contributed by atoms with Gasteiger partial charge in [0.05, 0.1) is 14.1 Å². The van der Waals surface area contributed by atoms with E-state index in [4.69, 9.17) is 15.5 Å². The highest BCUT2D eigenvalue weighted by atomic mass is 16.5. The Labute approximate surface area is 238 Å². The number of aromatic nitrogens is 1. The molecule has 1 aromatic heterocycles. The summed E-state index contributed by atoms with van der Waals surface area (Å²) in [6.07, 6.45) is 4.63. The number of hydrogen-bond acceptors (Lipinski definition) is 3. The summed E-state index contributed by atoms with van der Waals surface area (Å²) in [5.74, 6) is 0.443. The Morgan fingerprint density at radius 1 is 1.00 bits per heavy atom. The molecule has 208 valence electrons. The molecule has 0 spiro atoms. The van der Waals surface area contributed by atoms with E-state index in [2.05, 4.69) is 99.9 Å². The van der Waals surface area contributed by atoms with Crippen molar-refractivity contribution in [3.05, 3.63) is 108 Å². The number of aryl methyl sites for hydroxylation is 1. The van der Waals surface area contributed by atoms with Crippen LogP contribution in [0, 0.1) is 5.92 Å². The lowest BCUT2D eigenvalue weighted by atomic mass is 9.74. The second-order valence-corrected chi connectivity index (χ2v) is 11.8. The molecule has 4 aromatic rings. The monoisotopic (exact) mass is 536 g/mol. The number of rotatable bonds is 11. The van der Waals surface area contributed by atoms with E-state index in [1.165, 1.54) is 11.1 Å². The fourth-order valence-corrected chi connectivity index (χ4v) is 6.85. The van der Waals surface area contributed by atoms with Gasteiger partial charge in [-0.05, 0) is 42.3 Å². The molecule has 1 saturated carbocycles. The van der Waals surface area contributed by atoms with Crippen LogP contribution in [0.2, 0.25) is 0 Å². The molecule has 5 nitrogen and oxygen atoms in total. The second-order valence-electron chi connectivity index (χ2n) is 11.8. The van der Waals surface area contributed by atoms with Crippen molar-refractivity contribution in [2.24, 2.45) is 11.7 Å². The van der Waals surface area contributed by atoms with Crippen molar-refractivity contribution in [2.75, 3.05) is 27.2 Å². The number of primary amides is 1. The average molecular weight is 537 g/mol. The number of ether oxygens (including phenoxy) is 1. The summed E-state index contributed by atoms with van der Waals surface area (Å²) in [5.41, 5.74) is 9.20. The highest BCUT2D eigenvalue weighted by Gasteiger charge is 2.60. The minimum atomic E-state index is -0.343. The maximum Gasteiger partial charge on any atom is 0.221 e. The molecule has 0 saturated heterocycles. The third kappa shape index (κ3) is 5.35. The summed E-state index contributed by atoms with van der Waals surface area (Å²) in [5, 5.41) is 2.21. The molecule has 2 N–H and O–H groups in total. The zero-order valence-electron chi connectivity index (χ0n) is 24.1. The number of benzene rings is 3. The first-order chi connectivity index (χ1) is 19.4. The number of quaternary nitrogens is 1. The largest absolute Gasteiger partial charge is 0.471 e. The zero-order chi connectivity index (χ0) is 28.2. The van der Waals surface area contributed by atoms with E-state index in [1.54, 1.807) is 0 Å². The third-order valence-electron chi connectivity index (χ3n) is 9.05. The normalized spacial score (nSPS) is 21.0. The lowest BCUT2D eigenvalue weighted by Crippen LogP contribution is -2.60. The topological polar surface area (TPSA) is 65.2 Å². The molecule has 0 bridgehead atoms. The predicted molar refractivity (Wildman–Crippen MR) is 162 cm³/mol. The van der Waals surface area contributed by atoms with Crippen molar-refractivity contribution < 1.29 is 14.0 Å². The van der Waals surface area contributed by atoms with Crippen LogP contribution in [-0.2, 0) is 16.8 Å². The molecule has 1 aliphatic rings. The van der Waals surface area contributed by atoms with Crippen LogP contribution in [-0.4, -0.2) is 42.6 Å². The third-order valence-corrected chi connectivity index (χ3v) is 9.05. The molecule has 5 heteroatoms. The number of fused-ring (bicyclic) bond motifs is 1. The van der Waals surface area contributed by atoms with Crippen molar-refractivity contribution in [3.8, 4) is 5.88 Å². The number of nitrogens with zero attached hydrogens (tertiary/aromatic N) is 2. The van der Waals surface area contributed by atoms with Gasteiger partial charge in [-0.2, -0.15) is 0 Å². The van der Waals surface area contributed by atoms with Gasteiger partial charge < -0.3 is 15.0 Å². The average Bonchev–Trinajstić information content (AvgIpc) is 3.40. The first-order valence-electron chi connectivity index (χ1n) is 14.6. The number of carbonyl (C=O) groups is 1. The van der Waals surface area contributed by atoms with Crippen molar-refractivity contribution in [3.63, 3.8) is 0 Å². The van der Waals surface area contributed by atoms with E-state index in [1.807, 2.05) is 12.1 Å². The number of carbonyl (C=O) groups excluding carboxylic acids is 1. The molecule has 3 atom stereocenters. The fourth-order valence-electron chi connectivity index (χ4n) is 6.85. The van der Waals surface area contributed by atoms with Gasteiger partial charge in [0.1, 0.15) is 18.7 Å². The number of amides is 1. The Balaban J connectivity index is 1.49. The molecular formula is C35H42N3O2+. The summed E-state index contributed by atoms with van der Waals surface area (Å²) >= 11 is 0. The van der Waals surface area contributed by atoms with Crippen LogP contribution in [0.1, 0.15) is 55.3 Å². The smallest absolute Gasteiger partial charge is 0.221 e. The molecule has 1 amide bonds. The maximum absolute atomic E-state index is 12.6. The molecule has 0 radical (unpaired) electrons. The number of likely N-dealkylation sites (N-methyl/N-ethyl adjacent to an activating group) is 1. The summed E-state index contributed by atoms with van der Waals surface area (Å²) in [6.45, 7) is 3.47. The molecule has 1 fully saturated rings. The van der Waals surface area contributed by atoms with Crippen LogP contribution in [0.5, 0.6) is 5.88 Å². The second kappa shape index (κ2) is 11.8. The summed E-state index contributed by atoms with van der Waals surface area (Å²) < 4.78 is 7.17. The van der Waals surface area contributed by atoms with Crippen LogP contribution in [0.4, 0.5) is 0 Å². The minimum Gasteiger partial charge on any atom is -0.471 e. The lowest BCUT2D eigenvalue weighted by molar-refractivity contribution is -0.951. The number of nitrogens with two attached hydrogens (primary N) is 1. The SMILES string of the molecule is CCCCc1cc2ccccc2c(OCC[N+](C)(C)C2(c3ccccc3)CC(C(N)=O)CC2c2ccccc2)n1. The van der Waals surface area contributed by atoms with E-state index < -0.39 is 0 Å². The van der Waals surface area contributed by atoms with Gasteiger partial charge in [0.15, 0.2) is 0 Å². The van der Waals surface area contributed by atoms with Crippen molar-refractivity contribution in [1.29, 1.82) is 0 Å². The number of hydrogen-bond donors (Lipinski definition) is 1. The van der Waals surface area contributed by atoms with Crippen molar-refractivity contribution in [2.45, 2.75) is 50.5 Å². The molecule has 1 aliphatic carbocycles.